The summed E-state index contributed by atoms with van der Waals surface area (Å²) in [5, 5.41) is 3.00. The zero-order chi connectivity index (χ0) is 16.2. The van der Waals surface area contributed by atoms with Crippen LogP contribution < -0.4 is 10.1 Å². The van der Waals surface area contributed by atoms with Crippen LogP contribution in [0.3, 0.4) is 0 Å². The largest absolute Gasteiger partial charge is 0.496 e. The number of methoxy groups -OCH3 is 1. The second-order valence-corrected chi connectivity index (χ2v) is 6.44. The van der Waals surface area contributed by atoms with Gasteiger partial charge in [-0.2, -0.15) is 0 Å². The maximum absolute atomic E-state index is 12.3. The molecule has 0 unspecified atom stereocenters. The lowest BCUT2D eigenvalue weighted by molar-refractivity contribution is -0.0978. The van der Waals surface area contributed by atoms with Gasteiger partial charge in [-0.3, -0.25) is 0 Å². The van der Waals surface area contributed by atoms with Crippen LogP contribution in [-0.4, -0.2) is 50.9 Å². The first kappa shape index (κ1) is 16.6. The number of carbonyl (C=O) groups excluding carboxylic acids is 1. The van der Waals surface area contributed by atoms with Gasteiger partial charge in [0.25, 0.3) is 0 Å². The van der Waals surface area contributed by atoms with Crippen molar-refractivity contribution in [3.05, 3.63) is 29.8 Å². The van der Waals surface area contributed by atoms with Crippen LogP contribution in [0, 0.1) is 5.41 Å². The number of amides is 2. The van der Waals surface area contributed by atoms with E-state index in [1.165, 1.54) is 0 Å². The van der Waals surface area contributed by atoms with Crippen molar-refractivity contribution in [3.63, 3.8) is 0 Å². The Hall–Kier alpha value is -1.75. The number of benzene rings is 1. The van der Waals surface area contributed by atoms with E-state index in [1.54, 1.807) is 12.0 Å². The van der Waals surface area contributed by atoms with E-state index in [2.05, 4.69) is 12.2 Å². The maximum atomic E-state index is 12.3. The van der Waals surface area contributed by atoms with Gasteiger partial charge in [0.15, 0.2) is 0 Å². The van der Waals surface area contributed by atoms with Crippen LogP contribution in [-0.2, 0) is 11.2 Å². The molecule has 22 heavy (non-hydrogen) atoms. The zero-order valence-corrected chi connectivity index (χ0v) is 13.9. The molecule has 0 radical (unpaired) electrons. The van der Waals surface area contributed by atoms with Gasteiger partial charge < -0.3 is 19.7 Å². The van der Waals surface area contributed by atoms with Crippen molar-refractivity contribution in [1.82, 2.24) is 10.2 Å². The Morgan fingerprint density at radius 3 is 2.73 bits per heavy atom. The minimum absolute atomic E-state index is 0.0458. The maximum Gasteiger partial charge on any atom is 0.317 e. The molecule has 0 saturated carbocycles. The van der Waals surface area contributed by atoms with Crippen molar-refractivity contribution in [2.45, 2.75) is 26.3 Å². The lowest BCUT2D eigenvalue weighted by Crippen LogP contribution is -2.52. The number of nitrogens with zero attached hydrogens (tertiary/aromatic N) is 1. The first-order valence-corrected chi connectivity index (χ1v) is 7.65. The second-order valence-electron chi connectivity index (χ2n) is 6.44. The highest BCUT2D eigenvalue weighted by Crippen LogP contribution is 2.25. The van der Waals surface area contributed by atoms with Crippen molar-refractivity contribution < 1.29 is 14.3 Å². The number of hydrogen-bond donors (Lipinski definition) is 1. The van der Waals surface area contributed by atoms with E-state index < -0.39 is 0 Å². The molecular weight excluding hydrogens is 280 g/mol. The van der Waals surface area contributed by atoms with E-state index in [0.717, 1.165) is 17.7 Å². The second kappa shape index (κ2) is 7.01. The molecular formula is C17H26N2O3. The van der Waals surface area contributed by atoms with E-state index >= 15 is 0 Å². The van der Waals surface area contributed by atoms with Gasteiger partial charge in [-0.1, -0.05) is 25.1 Å². The topological polar surface area (TPSA) is 50.8 Å². The summed E-state index contributed by atoms with van der Waals surface area (Å²) in [5.74, 6) is 0.863. The van der Waals surface area contributed by atoms with Crippen LogP contribution in [0.15, 0.2) is 24.3 Å². The highest BCUT2D eigenvalue weighted by atomic mass is 16.5. The molecule has 2 amide bonds. The van der Waals surface area contributed by atoms with Crippen molar-refractivity contribution in [2.75, 3.05) is 33.9 Å². The number of hydrogen-bond acceptors (Lipinski definition) is 3. The molecule has 2 rings (SSSR count). The monoisotopic (exact) mass is 306 g/mol. The van der Waals surface area contributed by atoms with E-state index in [1.807, 2.05) is 38.2 Å². The van der Waals surface area contributed by atoms with Crippen molar-refractivity contribution in [2.24, 2.45) is 5.41 Å². The fourth-order valence-electron chi connectivity index (χ4n) is 2.49. The molecule has 5 nitrogen and oxygen atoms in total. The first-order chi connectivity index (χ1) is 10.4. The Morgan fingerprint density at radius 2 is 2.14 bits per heavy atom. The summed E-state index contributed by atoms with van der Waals surface area (Å²) in [4.78, 5) is 14.0. The van der Waals surface area contributed by atoms with Crippen LogP contribution in [0.1, 0.15) is 19.4 Å². The molecule has 1 fully saturated rings. The number of nitrogens with one attached hydrogen (secondary N) is 1. The quantitative estimate of drug-likeness (QED) is 0.877. The molecule has 122 valence electrons. The number of likely N-dealkylation sites (N-methyl/N-ethyl adjacent to an activating group) is 1. The molecule has 1 aliphatic heterocycles. The highest BCUT2D eigenvalue weighted by Gasteiger charge is 2.34. The standard InChI is InChI=1S/C17H26N2O3/c1-13(9-14-7-5-6-8-15(14)21-4)19(3)16(20)18-10-17(2)11-22-12-17/h5-8,13H,9-12H2,1-4H3,(H,18,20)/t13-/m1/s1. The van der Waals surface area contributed by atoms with Crippen LogP contribution in [0.2, 0.25) is 0 Å². The fourth-order valence-corrected chi connectivity index (χ4v) is 2.49. The molecule has 1 N–H and O–H groups in total. The Labute approximate surface area is 132 Å². The molecule has 1 heterocycles. The molecule has 0 aromatic heterocycles. The molecule has 0 bridgehead atoms. The number of ether oxygens (including phenoxy) is 2. The van der Waals surface area contributed by atoms with Gasteiger partial charge in [0.05, 0.1) is 20.3 Å². The van der Waals surface area contributed by atoms with Gasteiger partial charge in [0.1, 0.15) is 5.75 Å². The summed E-state index contributed by atoms with van der Waals surface area (Å²) < 4.78 is 10.6. The van der Waals surface area contributed by atoms with Gasteiger partial charge in [-0.25, -0.2) is 4.79 Å². The normalized spacial score (nSPS) is 17.3. The summed E-state index contributed by atoms with van der Waals surface area (Å²) in [5.41, 5.74) is 1.19. The van der Waals surface area contributed by atoms with Gasteiger partial charge in [0.2, 0.25) is 0 Å². The number of urea groups is 1. The lowest BCUT2D eigenvalue weighted by atomic mass is 9.89. The molecule has 0 spiro atoms. The summed E-state index contributed by atoms with van der Waals surface area (Å²) >= 11 is 0. The van der Waals surface area contributed by atoms with E-state index in [9.17, 15) is 4.79 Å². The van der Waals surface area contributed by atoms with Gasteiger partial charge in [0, 0.05) is 25.0 Å². The smallest absolute Gasteiger partial charge is 0.317 e. The molecule has 5 heteroatoms. The number of carbonyl (C=O) groups is 1. The van der Waals surface area contributed by atoms with Gasteiger partial charge in [-0.15, -0.1) is 0 Å². The average Bonchev–Trinajstić information content (AvgIpc) is 2.50. The molecule has 1 aromatic rings. The van der Waals surface area contributed by atoms with Gasteiger partial charge in [-0.05, 0) is 25.0 Å². The Kier molecular flexibility index (Phi) is 5.29. The molecule has 1 aliphatic rings. The highest BCUT2D eigenvalue weighted by molar-refractivity contribution is 5.74. The predicted octanol–water partition coefficient (Wildman–Crippen LogP) is 2.30. The Bertz CT molecular complexity index is 514. The van der Waals surface area contributed by atoms with Crippen LogP contribution >= 0.6 is 0 Å². The summed E-state index contributed by atoms with van der Waals surface area (Å²) in [6.07, 6.45) is 0.758. The van der Waals surface area contributed by atoms with Crippen LogP contribution in [0.25, 0.3) is 0 Å². The SMILES string of the molecule is COc1ccccc1C[C@@H](C)N(C)C(=O)NCC1(C)COC1. The lowest BCUT2D eigenvalue weighted by Gasteiger charge is -2.38. The van der Waals surface area contributed by atoms with Gasteiger partial charge >= 0.3 is 6.03 Å². The third-order valence-corrected chi connectivity index (χ3v) is 4.26. The number of para-hydroxylation sites is 1. The average molecular weight is 306 g/mol. The van der Waals surface area contributed by atoms with Crippen LogP contribution in [0.4, 0.5) is 4.79 Å². The minimum Gasteiger partial charge on any atom is -0.496 e. The molecule has 1 atom stereocenters. The number of rotatable bonds is 6. The predicted molar refractivity (Wildman–Crippen MR) is 86.2 cm³/mol. The van der Waals surface area contributed by atoms with E-state index in [-0.39, 0.29) is 17.5 Å². The third-order valence-electron chi connectivity index (χ3n) is 4.26. The third kappa shape index (κ3) is 3.91. The first-order valence-electron chi connectivity index (χ1n) is 7.65. The summed E-state index contributed by atoms with van der Waals surface area (Å²) in [6, 6.07) is 7.96. The Balaban J connectivity index is 1.87. The molecule has 1 saturated heterocycles. The molecule has 1 aromatic carbocycles. The summed E-state index contributed by atoms with van der Waals surface area (Å²) in [6.45, 7) is 6.24. The van der Waals surface area contributed by atoms with E-state index in [4.69, 9.17) is 9.47 Å². The Morgan fingerprint density at radius 1 is 1.45 bits per heavy atom. The molecule has 0 aliphatic carbocycles. The summed E-state index contributed by atoms with van der Waals surface area (Å²) in [7, 11) is 3.50. The van der Waals surface area contributed by atoms with Crippen molar-refractivity contribution >= 4 is 6.03 Å². The van der Waals surface area contributed by atoms with Crippen molar-refractivity contribution in [1.29, 1.82) is 0 Å². The van der Waals surface area contributed by atoms with Crippen molar-refractivity contribution in [3.8, 4) is 5.75 Å². The van der Waals surface area contributed by atoms with Crippen LogP contribution in [0.5, 0.6) is 5.75 Å². The zero-order valence-electron chi connectivity index (χ0n) is 13.9. The fraction of sp³-hybridized carbons (Fsp3) is 0.588. The minimum atomic E-state index is -0.0458. The van der Waals surface area contributed by atoms with E-state index in [0.29, 0.717) is 19.8 Å².